The first-order valence-corrected chi connectivity index (χ1v) is 12.2. The Hall–Kier alpha value is -3.35. The molecule has 0 aliphatic carbocycles. The Labute approximate surface area is 198 Å². The van der Waals surface area contributed by atoms with E-state index in [0.29, 0.717) is 17.3 Å². The summed E-state index contributed by atoms with van der Waals surface area (Å²) >= 11 is 5.98. The van der Waals surface area contributed by atoms with Crippen molar-refractivity contribution in [3.05, 3.63) is 107 Å². The van der Waals surface area contributed by atoms with Crippen molar-refractivity contribution in [3.8, 4) is 0 Å². The third-order valence-electron chi connectivity index (χ3n) is 5.31. The summed E-state index contributed by atoms with van der Waals surface area (Å²) in [7, 11) is -3.96. The summed E-state index contributed by atoms with van der Waals surface area (Å²) in [5, 5.41) is 5.51. The van der Waals surface area contributed by atoms with Gasteiger partial charge in [-0.3, -0.25) is 9.10 Å². The molecule has 0 radical (unpaired) electrons. The van der Waals surface area contributed by atoms with Gasteiger partial charge in [-0.1, -0.05) is 65.7 Å². The van der Waals surface area contributed by atoms with Gasteiger partial charge in [0, 0.05) is 11.6 Å². The molecule has 0 unspecified atom stereocenters. The summed E-state index contributed by atoms with van der Waals surface area (Å²) in [5.41, 5.74) is 2.24. The van der Waals surface area contributed by atoms with Gasteiger partial charge in [0.05, 0.1) is 10.6 Å². The minimum Gasteiger partial charge on any atom is -0.350 e. The highest BCUT2D eigenvalue weighted by atomic mass is 35.5. The van der Waals surface area contributed by atoms with Crippen molar-refractivity contribution in [3.63, 3.8) is 0 Å². The average molecular weight is 479 g/mol. The van der Waals surface area contributed by atoms with Gasteiger partial charge < -0.3 is 5.32 Å². The first kappa shape index (κ1) is 22.8. The fraction of sp³-hybridized carbons (Fsp3) is 0.115. The molecular weight excluding hydrogens is 456 g/mol. The molecule has 0 aliphatic heterocycles. The molecule has 1 N–H and O–H groups in total. The van der Waals surface area contributed by atoms with Crippen molar-refractivity contribution in [1.82, 2.24) is 5.32 Å². The number of amides is 1. The summed E-state index contributed by atoms with van der Waals surface area (Å²) in [4.78, 5) is 12.9. The van der Waals surface area contributed by atoms with Gasteiger partial charge in [0.2, 0.25) is 5.91 Å². The first-order valence-electron chi connectivity index (χ1n) is 10.4. The Kier molecular flexibility index (Phi) is 6.67. The third kappa shape index (κ3) is 5.35. The highest BCUT2D eigenvalue weighted by molar-refractivity contribution is 7.92. The molecule has 0 bridgehead atoms. The number of aryl methyl sites for hydroxylation is 1. The van der Waals surface area contributed by atoms with Gasteiger partial charge in [0.15, 0.2) is 0 Å². The second kappa shape index (κ2) is 9.65. The van der Waals surface area contributed by atoms with Crippen molar-refractivity contribution in [2.75, 3.05) is 10.8 Å². The monoisotopic (exact) mass is 478 g/mol. The van der Waals surface area contributed by atoms with Gasteiger partial charge in [-0.2, -0.15) is 0 Å². The molecule has 7 heteroatoms. The van der Waals surface area contributed by atoms with Crippen LogP contribution >= 0.6 is 11.6 Å². The number of halogens is 1. The molecule has 0 saturated heterocycles. The zero-order chi connectivity index (χ0) is 23.4. The van der Waals surface area contributed by atoms with Crippen molar-refractivity contribution in [2.24, 2.45) is 0 Å². The minimum absolute atomic E-state index is 0.116. The Morgan fingerprint density at radius 1 is 0.879 bits per heavy atom. The maximum Gasteiger partial charge on any atom is 0.264 e. The van der Waals surface area contributed by atoms with Gasteiger partial charge in [-0.05, 0) is 65.7 Å². The van der Waals surface area contributed by atoms with E-state index in [1.54, 1.807) is 48.5 Å². The number of carbonyl (C=O) groups excluding carboxylic acids is 1. The Morgan fingerprint density at radius 2 is 1.55 bits per heavy atom. The second-order valence-electron chi connectivity index (χ2n) is 7.76. The van der Waals surface area contributed by atoms with Crippen LogP contribution in [-0.2, 0) is 21.4 Å². The fourth-order valence-corrected chi connectivity index (χ4v) is 5.04. The predicted molar refractivity (Wildman–Crippen MR) is 133 cm³/mol. The van der Waals surface area contributed by atoms with Crippen LogP contribution in [0.2, 0.25) is 5.02 Å². The van der Waals surface area contributed by atoms with E-state index in [1.807, 2.05) is 49.4 Å². The molecule has 0 fully saturated rings. The molecule has 0 heterocycles. The standard InChI is InChI=1S/C26H23ClN2O3S/c1-19-6-14-25(15-7-19)33(31,32)29(24-12-10-23(27)11-13-24)18-26(30)28-17-20-8-9-21-4-2-3-5-22(21)16-20/h2-16H,17-18H2,1H3,(H,28,30). The van der Waals surface area contributed by atoms with Gasteiger partial charge in [-0.25, -0.2) is 8.42 Å². The number of fused-ring (bicyclic) bond motifs is 1. The number of carbonyl (C=O) groups is 1. The normalized spacial score (nSPS) is 11.3. The maximum absolute atomic E-state index is 13.4. The van der Waals surface area contributed by atoms with Crippen molar-refractivity contribution >= 4 is 44.0 Å². The summed E-state index contributed by atoms with van der Waals surface area (Å²) in [6.45, 7) is 1.82. The Balaban J connectivity index is 1.55. The number of hydrogen-bond donors (Lipinski definition) is 1. The lowest BCUT2D eigenvalue weighted by Crippen LogP contribution is -2.40. The van der Waals surface area contributed by atoms with Crippen LogP contribution in [0.3, 0.4) is 0 Å². The van der Waals surface area contributed by atoms with E-state index in [2.05, 4.69) is 5.32 Å². The third-order valence-corrected chi connectivity index (χ3v) is 7.35. The molecule has 168 valence electrons. The average Bonchev–Trinajstić information content (AvgIpc) is 2.82. The molecule has 4 aromatic carbocycles. The topological polar surface area (TPSA) is 66.5 Å². The summed E-state index contributed by atoms with van der Waals surface area (Å²) in [5.74, 6) is -0.409. The number of nitrogens with one attached hydrogen (secondary N) is 1. The molecule has 4 aromatic rings. The van der Waals surface area contributed by atoms with Crippen LogP contribution in [0.5, 0.6) is 0 Å². The van der Waals surface area contributed by atoms with Crippen molar-refractivity contribution in [2.45, 2.75) is 18.4 Å². The van der Waals surface area contributed by atoms with Crippen LogP contribution in [0, 0.1) is 6.92 Å². The van der Waals surface area contributed by atoms with Crippen LogP contribution in [0.15, 0.2) is 95.9 Å². The molecular formula is C26H23ClN2O3S. The van der Waals surface area contributed by atoms with Crippen molar-refractivity contribution < 1.29 is 13.2 Å². The number of rotatable bonds is 7. The van der Waals surface area contributed by atoms with Gasteiger partial charge in [0.25, 0.3) is 10.0 Å². The van der Waals surface area contributed by atoms with Gasteiger partial charge in [0.1, 0.15) is 6.54 Å². The lowest BCUT2D eigenvalue weighted by molar-refractivity contribution is -0.119. The highest BCUT2D eigenvalue weighted by Gasteiger charge is 2.27. The van der Waals surface area contributed by atoms with E-state index >= 15 is 0 Å². The minimum atomic E-state index is -3.96. The zero-order valence-electron chi connectivity index (χ0n) is 18.0. The molecule has 0 saturated carbocycles. The van der Waals surface area contributed by atoms with Crippen molar-refractivity contribution in [1.29, 1.82) is 0 Å². The molecule has 5 nitrogen and oxygen atoms in total. The van der Waals surface area contributed by atoms with Crippen LogP contribution < -0.4 is 9.62 Å². The Morgan fingerprint density at radius 3 is 2.24 bits per heavy atom. The van der Waals surface area contributed by atoms with E-state index in [1.165, 1.54) is 0 Å². The lowest BCUT2D eigenvalue weighted by atomic mass is 10.1. The van der Waals surface area contributed by atoms with Gasteiger partial charge >= 0.3 is 0 Å². The number of anilines is 1. The molecule has 1 amide bonds. The van der Waals surface area contributed by atoms with E-state index in [0.717, 1.165) is 26.2 Å². The lowest BCUT2D eigenvalue weighted by Gasteiger charge is -2.24. The molecule has 0 aliphatic rings. The number of hydrogen-bond acceptors (Lipinski definition) is 3. The molecule has 33 heavy (non-hydrogen) atoms. The first-order chi connectivity index (χ1) is 15.8. The smallest absolute Gasteiger partial charge is 0.264 e. The SMILES string of the molecule is Cc1ccc(S(=O)(=O)N(CC(=O)NCc2ccc3ccccc3c2)c2ccc(Cl)cc2)cc1. The van der Waals surface area contributed by atoms with Crippen LogP contribution in [0.1, 0.15) is 11.1 Å². The largest absolute Gasteiger partial charge is 0.350 e. The van der Waals surface area contributed by atoms with E-state index < -0.39 is 15.9 Å². The van der Waals surface area contributed by atoms with E-state index in [-0.39, 0.29) is 11.4 Å². The number of benzene rings is 4. The van der Waals surface area contributed by atoms with E-state index in [9.17, 15) is 13.2 Å². The molecule has 0 spiro atoms. The molecule has 0 aromatic heterocycles. The van der Waals surface area contributed by atoms with Crippen LogP contribution in [0.4, 0.5) is 5.69 Å². The zero-order valence-corrected chi connectivity index (χ0v) is 19.6. The predicted octanol–water partition coefficient (Wildman–Crippen LogP) is 5.31. The fourth-order valence-electron chi connectivity index (χ4n) is 3.50. The highest BCUT2D eigenvalue weighted by Crippen LogP contribution is 2.25. The van der Waals surface area contributed by atoms with E-state index in [4.69, 9.17) is 11.6 Å². The summed E-state index contributed by atoms with van der Waals surface area (Å²) in [6, 6.07) is 26.8. The molecule has 0 atom stereocenters. The summed E-state index contributed by atoms with van der Waals surface area (Å²) in [6.07, 6.45) is 0. The van der Waals surface area contributed by atoms with Gasteiger partial charge in [-0.15, -0.1) is 0 Å². The Bertz CT molecular complexity index is 1390. The van der Waals surface area contributed by atoms with Crippen LogP contribution in [-0.4, -0.2) is 20.9 Å². The number of sulfonamides is 1. The summed E-state index contributed by atoms with van der Waals surface area (Å²) < 4.78 is 27.9. The maximum atomic E-state index is 13.4. The molecule has 4 rings (SSSR count). The second-order valence-corrected chi connectivity index (χ2v) is 10.1. The quantitative estimate of drug-likeness (QED) is 0.391. The number of nitrogens with zero attached hydrogens (tertiary/aromatic N) is 1. The van der Waals surface area contributed by atoms with Crippen LogP contribution in [0.25, 0.3) is 10.8 Å².